The average molecular weight is 368 g/mol. The molecule has 1 aliphatic heterocycles. The summed E-state index contributed by atoms with van der Waals surface area (Å²) in [4.78, 5) is 22.1. The van der Waals surface area contributed by atoms with Crippen LogP contribution in [0.15, 0.2) is 24.3 Å². The second-order valence-corrected chi connectivity index (χ2v) is 5.66. The number of amides is 1. The smallest absolute Gasteiger partial charge is 0.418 e. The lowest BCUT2D eigenvalue weighted by Crippen LogP contribution is -2.39. The lowest BCUT2D eigenvalue weighted by molar-refractivity contribution is -0.206. The molecule has 0 saturated heterocycles. The summed E-state index contributed by atoms with van der Waals surface area (Å²) < 4.78 is 42.6. The molecule has 3 rings (SSSR count). The molecule has 2 aromatic rings. The number of nitrogens with zero attached hydrogens (tertiary/aromatic N) is 3. The third-order valence-corrected chi connectivity index (χ3v) is 4.04. The van der Waals surface area contributed by atoms with Crippen LogP contribution < -0.4 is 15.4 Å². The van der Waals surface area contributed by atoms with Crippen LogP contribution in [0, 0.1) is 0 Å². The fourth-order valence-electron chi connectivity index (χ4n) is 2.73. The van der Waals surface area contributed by atoms with Gasteiger partial charge < -0.3 is 20.5 Å². The number of carbonyl (C=O) groups excluding carboxylic acids is 1. The van der Waals surface area contributed by atoms with Crippen LogP contribution in [0.25, 0.3) is 0 Å². The number of aliphatic hydroxyl groups is 1. The fraction of sp³-hybridized carbons (Fsp3) is 0.312. The number of rotatable bonds is 3. The molecule has 26 heavy (non-hydrogen) atoms. The highest BCUT2D eigenvalue weighted by atomic mass is 19.4. The number of nitrogen functional groups attached to an aromatic ring is 1. The van der Waals surface area contributed by atoms with E-state index in [0.717, 1.165) is 12.1 Å². The van der Waals surface area contributed by atoms with Crippen molar-refractivity contribution in [2.75, 3.05) is 24.3 Å². The van der Waals surface area contributed by atoms with Crippen molar-refractivity contribution in [2.45, 2.75) is 18.7 Å². The predicted molar refractivity (Wildman–Crippen MR) is 85.8 cm³/mol. The van der Waals surface area contributed by atoms with Crippen LogP contribution in [-0.4, -0.2) is 40.8 Å². The van der Waals surface area contributed by atoms with Crippen LogP contribution in [0.2, 0.25) is 0 Å². The fourth-order valence-corrected chi connectivity index (χ4v) is 2.73. The summed E-state index contributed by atoms with van der Waals surface area (Å²) in [6, 6.07) is 5.00. The number of hydrogen-bond donors (Lipinski definition) is 2. The van der Waals surface area contributed by atoms with E-state index in [-0.39, 0.29) is 29.5 Å². The van der Waals surface area contributed by atoms with E-state index in [2.05, 4.69) is 9.97 Å². The van der Waals surface area contributed by atoms with E-state index in [0.29, 0.717) is 17.8 Å². The number of ether oxygens (including phenoxy) is 1. The van der Waals surface area contributed by atoms with Gasteiger partial charge in [-0.1, -0.05) is 12.1 Å². The monoisotopic (exact) mass is 368 g/mol. The molecule has 1 aromatic carbocycles. The van der Waals surface area contributed by atoms with Gasteiger partial charge >= 0.3 is 12.2 Å². The third-order valence-electron chi connectivity index (χ3n) is 4.04. The van der Waals surface area contributed by atoms with Gasteiger partial charge in [-0.3, -0.25) is 4.79 Å². The Morgan fingerprint density at radius 1 is 1.27 bits per heavy atom. The second-order valence-electron chi connectivity index (χ2n) is 5.66. The van der Waals surface area contributed by atoms with Gasteiger partial charge in [0, 0.05) is 18.7 Å². The number of halogens is 3. The number of nitrogens with two attached hydrogens (primary N) is 1. The number of carbonyl (C=O) groups is 1. The Bertz CT molecular complexity index is 840. The number of fused-ring (bicyclic) bond motifs is 1. The Morgan fingerprint density at radius 2 is 1.92 bits per heavy atom. The van der Waals surface area contributed by atoms with Crippen molar-refractivity contribution in [2.24, 2.45) is 0 Å². The molecule has 1 unspecified atom stereocenters. The number of aromatic nitrogens is 2. The Morgan fingerprint density at radius 3 is 2.50 bits per heavy atom. The molecule has 1 aromatic heterocycles. The summed E-state index contributed by atoms with van der Waals surface area (Å²) in [5.41, 5.74) is 6.51. The number of alkyl halides is 3. The normalized spacial score (nSPS) is 15.6. The molecular formula is C16H15F3N4O3. The number of benzene rings is 1. The highest BCUT2D eigenvalue weighted by Crippen LogP contribution is 2.34. The van der Waals surface area contributed by atoms with Crippen LogP contribution in [0.3, 0.4) is 0 Å². The molecular weight excluding hydrogens is 353 g/mol. The lowest BCUT2D eigenvalue weighted by atomic mass is 10.0. The molecule has 138 valence electrons. The molecule has 1 aliphatic rings. The van der Waals surface area contributed by atoms with Gasteiger partial charge in [-0.05, 0) is 17.7 Å². The number of anilines is 2. The van der Waals surface area contributed by atoms with Crippen molar-refractivity contribution in [1.29, 1.82) is 0 Å². The molecule has 1 amide bonds. The van der Waals surface area contributed by atoms with Crippen LogP contribution in [0.5, 0.6) is 6.01 Å². The summed E-state index contributed by atoms with van der Waals surface area (Å²) in [5, 5.41) is 9.28. The Hall–Kier alpha value is -2.88. The van der Waals surface area contributed by atoms with E-state index < -0.39 is 18.2 Å². The largest absolute Gasteiger partial charge is 0.467 e. The number of hydrogen-bond acceptors (Lipinski definition) is 6. The maximum atomic E-state index is 12.7. The van der Waals surface area contributed by atoms with Gasteiger partial charge in [0.15, 0.2) is 6.10 Å². The number of methoxy groups -OCH3 is 1. The van der Waals surface area contributed by atoms with Crippen molar-refractivity contribution in [1.82, 2.24) is 9.97 Å². The van der Waals surface area contributed by atoms with Gasteiger partial charge in [0.2, 0.25) is 0 Å². The maximum Gasteiger partial charge on any atom is 0.418 e. The van der Waals surface area contributed by atoms with Crippen molar-refractivity contribution in [3.63, 3.8) is 0 Å². The van der Waals surface area contributed by atoms with Gasteiger partial charge in [0.05, 0.1) is 12.8 Å². The quantitative estimate of drug-likeness (QED) is 0.858. The van der Waals surface area contributed by atoms with Gasteiger partial charge in [0.1, 0.15) is 11.4 Å². The second kappa shape index (κ2) is 6.45. The first-order valence-corrected chi connectivity index (χ1v) is 7.59. The Kier molecular flexibility index (Phi) is 4.45. The SMILES string of the molecule is COc1nc(N)c2c(n1)CCN(c1ccc(C(O)C(F)(F)F)cc1)C2=O. The molecule has 0 spiro atoms. The first kappa shape index (κ1) is 17.9. The van der Waals surface area contributed by atoms with E-state index in [9.17, 15) is 23.1 Å². The van der Waals surface area contributed by atoms with Crippen molar-refractivity contribution in [3.8, 4) is 6.01 Å². The van der Waals surface area contributed by atoms with E-state index in [1.165, 1.54) is 24.1 Å². The van der Waals surface area contributed by atoms with E-state index in [4.69, 9.17) is 10.5 Å². The zero-order chi connectivity index (χ0) is 19.1. The van der Waals surface area contributed by atoms with Crippen molar-refractivity contribution in [3.05, 3.63) is 41.1 Å². The summed E-state index contributed by atoms with van der Waals surface area (Å²) in [6.07, 6.45) is -6.95. The first-order valence-electron chi connectivity index (χ1n) is 7.59. The molecule has 0 saturated carbocycles. The molecule has 0 aliphatic carbocycles. The van der Waals surface area contributed by atoms with Crippen LogP contribution in [0.4, 0.5) is 24.7 Å². The molecule has 0 fully saturated rings. The standard InChI is InChI=1S/C16H15F3N4O3/c1-26-15-21-10-6-7-23(14(25)11(10)13(20)22-15)9-4-2-8(3-5-9)12(24)16(17,18)19/h2-5,12,24H,6-7H2,1H3,(H2,20,21,22). The van der Waals surface area contributed by atoms with Crippen molar-refractivity contribution < 1.29 is 27.8 Å². The summed E-state index contributed by atoms with van der Waals surface area (Å²) in [5.74, 6) is -0.471. The van der Waals surface area contributed by atoms with Gasteiger partial charge in [-0.2, -0.15) is 23.1 Å². The highest BCUT2D eigenvalue weighted by molar-refractivity contribution is 6.10. The Labute approximate surface area is 146 Å². The highest BCUT2D eigenvalue weighted by Gasteiger charge is 2.39. The molecule has 3 N–H and O–H groups in total. The minimum atomic E-state index is -4.76. The van der Waals surface area contributed by atoms with Crippen LogP contribution in [0.1, 0.15) is 27.7 Å². The van der Waals surface area contributed by atoms with Gasteiger partial charge in [-0.25, -0.2) is 0 Å². The predicted octanol–water partition coefficient (Wildman–Crippen LogP) is 1.87. The third kappa shape index (κ3) is 3.15. The molecule has 1 atom stereocenters. The molecule has 0 bridgehead atoms. The van der Waals surface area contributed by atoms with E-state index >= 15 is 0 Å². The van der Waals surface area contributed by atoms with Gasteiger partial charge in [0.25, 0.3) is 5.91 Å². The summed E-state index contributed by atoms with van der Waals surface area (Å²) in [6.45, 7) is 0.270. The maximum absolute atomic E-state index is 12.7. The Balaban J connectivity index is 1.89. The average Bonchev–Trinajstić information content (AvgIpc) is 2.60. The summed E-state index contributed by atoms with van der Waals surface area (Å²) >= 11 is 0. The van der Waals surface area contributed by atoms with E-state index in [1.54, 1.807) is 0 Å². The molecule has 7 nitrogen and oxygen atoms in total. The zero-order valence-corrected chi connectivity index (χ0v) is 13.6. The molecule has 0 radical (unpaired) electrons. The minimum absolute atomic E-state index is 0.0225. The topological polar surface area (TPSA) is 102 Å². The molecule has 10 heteroatoms. The van der Waals surface area contributed by atoms with Crippen LogP contribution in [-0.2, 0) is 6.42 Å². The summed E-state index contributed by atoms with van der Waals surface area (Å²) in [7, 11) is 1.38. The molecule has 2 heterocycles. The van der Waals surface area contributed by atoms with Crippen LogP contribution >= 0.6 is 0 Å². The number of aliphatic hydroxyl groups excluding tert-OH is 1. The lowest BCUT2D eigenvalue weighted by Gasteiger charge is -2.29. The van der Waals surface area contributed by atoms with Crippen molar-refractivity contribution >= 4 is 17.4 Å². The first-order chi connectivity index (χ1) is 12.2. The zero-order valence-electron chi connectivity index (χ0n) is 13.6. The van der Waals surface area contributed by atoms with Gasteiger partial charge in [-0.15, -0.1) is 0 Å². The minimum Gasteiger partial charge on any atom is -0.467 e. The van der Waals surface area contributed by atoms with E-state index in [1.807, 2.05) is 0 Å².